The molecule has 0 aliphatic heterocycles. The fraction of sp³-hybridized carbons (Fsp3) is 0.714. The van der Waals surface area contributed by atoms with Crippen LogP contribution in [0.15, 0.2) is 0 Å². The largest absolute Gasteiger partial charge is 0.550 e. The number of Topliss-reactive ketones (excluding diaryl/α,β-unsaturated/α-hetero) is 1. The summed E-state index contributed by atoms with van der Waals surface area (Å²) in [5.74, 6) is -5.33. The van der Waals surface area contributed by atoms with E-state index in [0.29, 0.717) is 0 Å². The highest BCUT2D eigenvalue weighted by molar-refractivity contribution is 5.95. The zero-order chi connectivity index (χ0) is 10.6. The smallest absolute Gasteiger partial charge is 0.398 e. The van der Waals surface area contributed by atoms with Crippen molar-refractivity contribution in [3.63, 3.8) is 0 Å². The van der Waals surface area contributed by atoms with E-state index in [0.717, 1.165) is 0 Å². The average Bonchev–Trinajstić information content (AvgIpc) is 1.82. The van der Waals surface area contributed by atoms with E-state index in [2.05, 4.69) is 0 Å². The van der Waals surface area contributed by atoms with Gasteiger partial charge in [-0.05, 0) is 6.42 Å². The molecule has 0 aliphatic rings. The number of alkyl halides is 3. The number of aliphatic carboxylic acids is 1. The summed E-state index contributed by atoms with van der Waals surface area (Å²) in [6, 6.07) is 0. The van der Waals surface area contributed by atoms with Crippen LogP contribution in [-0.2, 0) is 9.59 Å². The Morgan fingerprint density at radius 2 is 1.85 bits per heavy atom. The fourth-order valence-corrected chi connectivity index (χ4v) is 0.907. The molecule has 0 saturated heterocycles. The molecule has 0 heterocycles. The molecule has 0 saturated carbocycles. The van der Waals surface area contributed by atoms with Gasteiger partial charge in [-0.3, -0.25) is 4.79 Å². The Morgan fingerprint density at radius 1 is 1.38 bits per heavy atom. The molecule has 0 spiro atoms. The first-order valence-electron chi connectivity index (χ1n) is 3.58. The van der Waals surface area contributed by atoms with Gasteiger partial charge in [-0.25, -0.2) is 0 Å². The van der Waals surface area contributed by atoms with Crippen molar-refractivity contribution in [1.29, 1.82) is 0 Å². The van der Waals surface area contributed by atoms with Gasteiger partial charge in [0.25, 0.3) is 0 Å². The number of carbonyl (C=O) groups excluding carboxylic acids is 2. The highest BCUT2D eigenvalue weighted by Gasteiger charge is 2.42. The van der Waals surface area contributed by atoms with Crippen LogP contribution >= 0.6 is 0 Å². The van der Waals surface area contributed by atoms with Crippen molar-refractivity contribution in [2.45, 2.75) is 25.9 Å². The molecule has 0 rings (SSSR count). The lowest BCUT2D eigenvalue weighted by molar-refractivity contribution is -0.304. The SMILES string of the molecule is CCC(C(=O)CC(=O)[O-])C(F)(F)F. The first-order chi connectivity index (χ1) is 5.79. The van der Waals surface area contributed by atoms with Crippen molar-refractivity contribution in [1.82, 2.24) is 0 Å². The number of hydrogen-bond donors (Lipinski definition) is 0. The van der Waals surface area contributed by atoms with Crippen molar-refractivity contribution < 1.29 is 27.9 Å². The van der Waals surface area contributed by atoms with Crippen molar-refractivity contribution in [3.8, 4) is 0 Å². The van der Waals surface area contributed by atoms with Crippen LogP contribution in [0.4, 0.5) is 13.2 Å². The molecule has 0 fully saturated rings. The summed E-state index contributed by atoms with van der Waals surface area (Å²) in [5, 5.41) is 9.86. The summed E-state index contributed by atoms with van der Waals surface area (Å²) in [7, 11) is 0. The Kier molecular flexibility index (Phi) is 3.90. The zero-order valence-electron chi connectivity index (χ0n) is 6.85. The topological polar surface area (TPSA) is 57.2 Å². The predicted octanol–water partition coefficient (Wildman–Crippen LogP) is 0.284. The van der Waals surface area contributed by atoms with E-state index in [1.54, 1.807) is 0 Å². The molecule has 0 aliphatic carbocycles. The normalized spacial score (nSPS) is 13.8. The van der Waals surface area contributed by atoms with Crippen LogP contribution in [0.3, 0.4) is 0 Å². The number of halogens is 3. The predicted molar refractivity (Wildman–Crippen MR) is 34.5 cm³/mol. The second kappa shape index (κ2) is 4.25. The third-order valence-corrected chi connectivity index (χ3v) is 1.51. The van der Waals surface area contributed by atoms with Crippen LogP contribution in [0.2, 0.25) is 0 Å². The van der Waals surface area contributed by atoms with Gasteiger partial charge in [-0.1, -0.05) is 6.92 Å². The van der Waals surface area contributed by atoms with Gasteiger partial charge in [0.1, 0.15) is 5.92 Å². The number of carboxylic acid groups (broad SMARTS) is 1. The Bertz CT molecular complexity index is 210. The molecule has 13 heavy (non-hydrogen) atoms. The second-order valence-electron chi connectivity index (χ2n) is 2.52. The van der Waals surface area contributed by atoms with Crippen molar-refractivity contribution in [2.75, 3.05) is 0 Å². The lowest BCUT2D eigenvalue weighted by Gasteiger charge is -2.17. The molecular weight excluding hydrogens is 189 g/mol. The van der Waals surface area contributed by atoms with Crippen LogP contribution in [-0.4, -0.2) is 17.9 Å². The van der Waals surface area contributed by atoms with E-state index in [9.17, 15) is 27.9 Å². The third-order valence-electron chi connectivity index (χ3n) is 1.51. The van der Waals surface area contributed by atoms with Crippen molar-refractivity contribution >= 4 is 11.8 Å². The van der Waals surface area contributed by atoms with Crippen LogP contribution in [0.25, 0.3) is 0 Å². The molecule has 76 valence electrons. The quantitative estimate of drug-likeness (QED) is 0.608. The molecule has 6 heteroatoms. The van der Waals surface area contributed by atoms with Crippen molar-refractivity contribution in [3.05, 3.63) is 0 Å². The van der Waals surface area contributed by atoms with Gasteiger partial charge in [0.05, 0.1) is 0 Å². The lowest BCUT2D eigenvalue weighted by Crippen LogP contribution is -2.34. The number of hydrogen-bond acceptors (Lipinski definition) is 3. The highest BCUT2D eigenvalue weighted by Crippen LogP contribution is 2.29. The Labute approximate surface area is 72.5 Å². The molecule has 0 radical (unpaired) electrons. The summed E-state index contributed by atoms with van der Waals surface area (Å²) in [5.41, 5.74) is 0. The van der Waals surface area contributed by atoms with Crippen LogP contribution in [0, 0.1) is 5.92 Å². The molecule has 0 bridgehead atoms. The summed E-state index contributed by atoms with van der Waals surface area (Å²) < 4.78 is 36.0. The van der Waals surface area contributed by atoms with E-state index >= 15 is 0 Å². The second-order valence-corrected chi connectivity index (χ2v) is 2.52. The van der Waals surface area contributed by atoms with Gasteiger partial charge >= 0.3 is 6.18 Å². The maximum Gasteiger partial charge on any atom is 0.398 e. The molecule has 0 aromatic rings. The van der Waals surface area contributed by atoms with E-state index in [-0.39, 0.29) is 0 Å². The Hall–Kier alpha value is -1.07. The fourth-order valence-electron chi connectivity index (χ4n) is 0.907. The van der Waals surface area contributed by atoms with E-state index in [4.69, 9.17) is 0 Å². The number of carboxylic acids is 1. The van der Waals surface area contributed by atoms with Gasteiger partial charge in [-0.2, -0.15) is 13.2 Å². The number of ketones is 1. The van der Waals surface area contributed by atoms with Gasteiger partial charge in [0.2, 0.25) is 0 Å². The van der Waals surface area contributed by atoms with Gasteiger partial charge in [0, 0.05) is 12.4 Å². The minimum Gasteiger partial charge on any atom is -0.550 e. The molecule has 3 nitrogen and oxygen atoms in total. The molecule has 0 aromatic heterocycles. The van der Waals surface area contributed by atoms with Crippen LogP contribution < -0.4 is 5.11 Å². The standard InChI is InChI=1S/C7H9F3O3/c1-2-4(7(8,9)10)5(11)3-6(12)13/h4H,2-3H2,1H3,(H,12,13)/p-1. The van der Waals surface area contributed by atoms with E-state index < -0.39 is 36.7 Å². The number of carbonyl (C=O) groups is 2. The van der Waals surface area contributed by atoms with Gasteiger partial charge in [0.15, 0.2) is 5.78 Å². The molecular formula is C7H8F3O3-. The summed E-state index contributed by atoms with van der Waals surface area (Å²) in [4.78, 5) is 20.5. The van der Waals surface area contributed by atoms with Gasteiger partial charge < -0.3 is 9.90 Å². The molecule has 0 aromatic carbocycles. The van der Waals surface area contributed by atoms with E-state index in [1.807, 2.05) is 0 Å². The summed E-state index contributed by atoms with van der Waals surface area (Å²) in [6.45, 7) is 1.17. The molecule has 1 unspecified atom stereocenters. The Morgan fingerprint density at radius 3 is 2.08 bits per heavy atom. The molecule has 0 N–H and O–H groups in total. The zero-order valence-corrected chi connectivity index (χ0v) is 6.85. The maximum absolute atomic E-state index is 12.0. The Balaban J connectivity index is 4.42. The minimum absolute atomic E-state index is 0.449. The van der Waals surface area contributed by atoms with Crippen LogP contribution in [0.5, 0.6) is 0 Å². The minimum atomic E-state index is -4.67. The highest BCUT2D eigenvalue weighted by atomic mass is 19.4. The van der Waals surface area contributed by atoms with E-state index in [1.165, 1.54) is 6.92 Å². The summed E-state index contributed by atoms with van der Waals surface area (Å²) >= 11 is 0. The van der Waals surface area contributed by atoms with Crippen LogP contribution in [0.1, 0.15) is 19.8 Å². The summed E-state index contributed by atoms with van der Waals surface area (Å²) in [6.07, 6.45) is -6.30. The number of rotatable bonds is 4. The first-order valence-corrected chi connectivity index (χ1v) is 3.58. The monoisotopic (exact) mass is 197 g/mol. The lowest BCUT2D eigenvalue weighted by atomic mass is 9.98. The molecule has 0 amide bonds. The van der Waals surface area contributed by atoms with Gasteiger partial charge in [-0.15, -0.1) is 0 Å². The average molecular weight is 197 g/mol. The molecule has 1 atom stereocenters. The maximum atomic E-state index is 12.0. The first kappa shape index (κ1) is 11.9. The van der Waals surface area contributed by atoms with Crippen molar-refractivity contribution in [2.24, 2.45) is 5.92 Å². The third kappa shape index (κ3) is 3.91.